The van der Waals surface area contributed by atoms with Gasteiger partial charge in [-0.1, -0.05) is 29.8 Å². The Morgan fingerprint density at radius 2 is 1.96 bits per heavy atom. The third-order valence-corrected chi connectivity index (χ3v) is 4.93. The van der Waals surface area contributed by atoms with E-state index in [9.17, 15) is 4.79 Å². The molecule has 1 aliphatic heterocycles. The summed E-state index contributed by atoms with van der Waals surface area (Å²) in [6.45, 7) is 4.15. The molecule has 1 aliphatic rings. The van der Waals surface area contributed by atoms with Gasteiger partial charge in [-0.25, -0.2) is 0 Å². The molecule has 1 atom stereocenters. The van der Waals surface area contributed by atoms with Crippen LogP contribution in [0.15, 0.2) is 42.5 Å². The quantitative estimate of drug-likeness (QED) is 0.743. The van der Waals surface area contributed by atoms with E-state index in [-0.39, 0.29) is 6.61 Å². The highest BCUT2D eigenvalue weighted by Gasteiger charge is 2.26. The summed E-state index contributed by atoms with van der Waals surface area (Å²) in [4.78, 5) is 13.4. The van der Waals surface area contributed by atoms with E-state index in [1.54, 1.807) is 0 Å². The van der Waals surface area contributed by atoms with Crippen molar-refractivity contribution < 1.29 is 14.3 Å². The van der Waals surface area contributed by atoms with E-state index in [2.05, 4.69) is 17.0 Å². The number of ether oxygens (including phenoxy) is 2. The Hall–Kier alpha value is -2.24. The van der Waals surface area contributed by atoms with Gasteiger partial charge < -0.3 is 15.2 Å². The summed E-state index contributed by atoms with van der Waals surface area (Å²) in [5.41, 5.74) is 7.60. The first-order valence-electron chi connectivity index (χ1n) is 9.23. The largest absolute Gasteiger partial charge is 0.490 e. The number of amides is 1. The number of carbonyl (C=O) groups is 1. The molecule has 1 unspecified atom stereocenters. The van der Waals surface area contributed by atoms with E-state index in [4.69, 9.17) is 26.8 Å². The Kier molecular flexibility index (Phi) is 6.58. The molecule has 6 heteroatoms. The van der Waals surface area contributed by atoms with Crippen molar-refractivity contribution in [2.75, 3.05) is 19.8 Å². The Labute approximate surface area is 165 Å². The minimum absolute atomic E-state index is 0.163. The summed E-state index contributed by atoms with van der Waals surface area (Å²) < 4.78 is 11.1. The SMILES string of the molecule is CCOc1cc(CN2CCCC2c2ccc(Cl)cc2)ccc1OCC(N)=O. The van der Waals surface area contributed by atoms with Crippen LogP contribution in [0.5, 0.6) is 11.5 Å². The molecule has 2 N–H and O–H groups in total. The molecule has 1 saturated heterocycles. The van der Waals surface area contributed by atoms with Gasteiger partial charge in [0.25, 0.3) is 5.91 Å². The Morgan fingerprint density at radius 3 is 2.67 bits per heavy atom. The van der Waals surface area contributed by atoms with Crippen molar-refractivity contribution in [2.24, 2.45) is 5.73 Å². The Balaban J connectivity index is 1.74. The maximum Gasteiger partial charge on any atom is 0.255 e. The van der Waals surface area contributed by atoms with Gasteiger partial charge in [0, 0.05) is 17.6 Å². The number of nitrogens with two attached hydrogens (primary N) is 1. The fourth-order valence-electron chi connectivity index (χ4n) is 3.50. The van der Waals surface area contributed by atoms with Crippen LogP contribution in [0.4, 0.5) is 0 Å². The van der Waals surface area contributed by atoms with E-state index < -0.39 is 5.91 Å². The highest BCUT2D eigenvalue weighted by Crippen LogP contribution is 2.35. The average molecular weight is 389 g/mol. The summed E-state index contributed by atoms with van der Waals surface area (Å²) in [6, 6.07) is 14.3. The molecule has 0 bridgehead atoms. The Morgan fingerprint density at radius 1 is 1.19 bits per heavy atom. The van der Waals surface area contributed by atoms with Gasteiger partial charge in [0.2, 0.25) is 0 Å². The van der Waals surface area contributed by atoms with Crippen LogP contribution in [-0.4, -0.2) is 30.6 Å². The summed E-state index contributed by atoms with van der Waals surface area (Å²) >= 11 is 6.02. The second-order valence-corrected chi connectivity index (χ2v) is 7.09. The zero-order valence-corrected chi connectivity index (χ0v) is 16.2. The lowest BCUT2D eigenvalue weighted by atomic mass is 10.0. The maximum absolute atomic E-state index is 11.0. The van der Waals surface area contributed by atoms with Gasteiger partial charge in [0.15, 0.2) is 18.1 Å². The number of halogens is 1. The standard InChI is InChI=1S/C21H25ClN2O3/c1-2-26-20-12-15(5-10-19(20)27-14-21(23)25)13-24-11-3-4-18(24)16-6-8-17(22)9-7-16/h5-10,12,18H,2-4,11,13-14H2,1H3,(H2,23,25). The lowest BCUT2D eigenvalue weighted by molar-refractivity contribution is -0.119. The molecule has 0 saturated carbocycles. The number of primary amides is 1. The Bertz CT molecular complexity index is 779. The van der Waals surface area contributed by atoms with Crippen molar-refractivity contribution in [3.63, 3.8) is 0 Å². The topological polar surface area (TPSA) is 64.8 Å². The summed E-state index contributed by atoms with van der Waals surface area (Å²) in [5, 5.41) is 0.760. The molecule has 1 heterocycles. The van der Waals surface area contributed by atoms with E-state index in [0.29, 0.717) is 24.1 Å². The van der Waals surface area contributed by atoms with Gasteiger partial charge in [0.05, 0.1) is 6.61 Å². The molecule has 0 aromatic heterocycles. The predicted molar refractivity (Wildman–Crippen MR) is 106 cm³/mol. The molecule has 2 aromatic rings. The molecule has 3 rings (SSSR count). The maximum atomic E-state index is 11.0. The van der Waals surface area contributed by atoms with E-state index >= 15 is 0 Å². The van der Waals surface area contributed by atoms with Crippen molar-refractivity contribution in [1.29, 1.82) is 0 Å². The molecule has 5 nitrogen and oxygen atoms in total. The molecule has 27 heavy (non-hydrogen) atoms. The molecular formula is C21H25ClN2O3. The minimum atomic E-state index is -0.510. The fraction of sp³-hybridized carbons (Fsp3) is 0.381. The molecule has 0 aliphatic carbocycles. The van der Waals surface area contributed by atoms with Crippen LogP contribution >= 0.6 is 11.6 Å². The smallest absolute Gasteiger partial charge is 0.255 e. The lowest BCUT2D eigenvalue weighted by Gasteiger charge is -2.25. The van der Waals surface area contributed by atoms with Crippen molar-refractivity contribution in [1.82, 2.24) is 4.90 Å². The van der Waals surface area contributed by atoms with Gasteiger partial charge in [0.1, 0.15) is 0 Å². The molecular weight excluding hydrogens is 364 g/mol. The number of hydrogen-bond donors (Lipinski definition) is 1. The molecule has 1 amide bonds. The first-order chi connectivity index (χ1) is 13.1. The second-order valence-electron chi connectivity index (χ2n) is 6.65. The lowest BCUT2D eigenvalue weighted by Crippen LogP contribution is -2.23. The van der Waals surface area contributed by atoms with Gasteiger partial charge >= 0.3 is 0 Å². The van der Waals surface area contributed by atoms with Crippen LogP contribution in [-0.2, 0) is 11.3 Å². The predicted octanol–water partition coefficient (Wildman–Crippen LogP) is 3.94. The third kappa shape index (κ3) is 5.15. The zero-order chi connectivity index (χ0) is 19.2. The number of hydrogen-bond acceptors (Lipinski definition) is 4. The fourth-order valence-corrected chi connectivity index (χ4v) is 3.63. The van der Waals surface area contributed by atoms with Crippen LogP contribution in [0.3, 0.4) is 0 Å². The first kappa shape index (κ1) is 19.5. The molecule has 1 fully saturated rings. The van der Waals surface area contributed by atoms with Gasteiger partial charge in [-0.15, -0.1) is 0 Å². The van der Waals surface area contributed by atoms with Crippen molar-refractivity contribution in [2.45, 2.75) is 32.4 Å². The van der Waals surface area contributed by atoms with E-state index in [0.717, 1.165) is 30.1 Å². The normalized spacial score (nSPS) is 17.0. The van der Waals surface area contributed by atoms with Crippen molar-refractivity contribution in [3.05, 3.63) is 58.6 Å². The number of likely N-dealkylation sites (tertiary alicyclic amines) is 1. The monoisotopic (exact) mass is 388 g/mol. The number of nitrogens with zero attached hydrogens (tertiary/aromatic N) is 1. The van der Waals surface area contributed by atoms with Crippen LogP contribution in [0, 0.1) is 0 Å². The van der Waals surface area contributed by atoms with Crippen molar-refractivity contribution in [3.8, 4) is 11.5 Å². The van der Waals surface area contributed by atoms with Crippen molar-refractivity contribution >= 4 is 17.5 Å². The number of rotatable bonds is 8. The van der Waals surface area contributed by atoms with Crippen LogP contribution < -0.4 is 15.2 Å². The summed E-state index contributed by atoms with van der Waals surface area (Å²) in [7, 11) is 0. The van der Waals surface area contributed by atoms with Gasteiger partial charge in [-0.05, 0) is 61.7 Å². The van der Waals surface area contributed by atoms with Crippen LogP contribution in [0.25, 0.3) is 0 Å². The highest BCUT2D eigenvalue weighted by molar-refractivity contribution is 6.30. The second kappa shape index (κ2) is 9.11. The van der Waals surface area contributed by atoms with Crippen LogP contribution in [0.1, 0.15) is 36.9 Å². The van der Waals surface area contributed by atoms with Gasteiger partial charge in [-0.2, -0.15) is 0 Å². The molecule has 0 spiro atoms. The first-order valence-corrected chi connectivity index (χ1v) is 9.61. The van der Waals surface area contributed by atoms with Gasteiger partial charge in [-0.3, -0.25) is 9.69 Å². The van der Waals surface area contributed by atoms with Crippen LogP contribution in [0.2, 0.25) is 5.02 Å². The zero-order valence-electron chi connectivity index (χ0n) is 15.5. The molecule has 144 valence electrons. The molecule has 2 aromatic carbocycles. The number of carbonyl (C=O) groups excluding carboxylic acids is 1. The third-order valence-electron chi connectivity index (χ3n) is 4.68. The highest BCUT2D eigenvalue weighted by atomic mass is 35.5. The van der Waals surface area contributed by atoms with E-state index in [1.807, 2.05) is 37.3 Å². The minimum Gasteiger partial charge on any atom is -0.490 e. The summed E-state index contributed by atoms with van der Waals surface area (Å²) in [5.74, 6) is 0.665. The molecule has 0 radical (unpaired) electrons. The van der Waals surface area contributed by atoms with E-state index in [1.165, 1.54) is 12.0 Å². The average Bonchev–Trinajstić information content (AvgIpc) is 3.10. The summed E-state index contributed by atoms with van der Waals surface area (Å²) in [6.07, 6.45) is 2.31. The number of benzene rings is 2.